The molecule has 0 fully saturated rings. The van der Waals surface area contributed by atoms with Crippen LogP contribution in [0.1, 0.15) is 23.2 Å². The lowest BCUT2D eigenvalue weighted by Crippen LogP contribution is -2.06. The molecule has 0 bridgehead atoms. The summed E-state index contributed by atoms with van der Waals surface area (Å²) in [4.78, 5) is 7.79. The highest BCUT2D eigenvalue weighted by Gasteiger charge is 2.17. The molecule has 0 atom stereocenters. The van der Waals surface area contributed by atoms with Crippen LogP contribution in [-0.2, 0) is 19.3 Å². The maximum atomic E-state index is 6.59. The molecule has 0 amide bonds. The first-order valence-electron chi connectivity index (χ1n) is 10.7. The summed E-state index contributed by atoms with van der Waals surface area (Å²) in [5.74, 6) is 0.843. The molecule has 2 heterocycles. The Kier molecular flexibility index (Phi) is 5.85. The molecule has 164 valence electrons. The molecule has 5 nitrogen and oxygen atoms in total. The van der Waals surface area contributed by atoms with Gasteiger partial charge in [0.1, 0.15) is 5.75 Å². The maximum Gasteiger partial charge on any atom is 0.142 e. The fourth-order valence-corrected chi connectivity index (χ4v) is 5.05. The first-order valence-corrected chi connectivity index (χ1v) is 11.5. The molecule has 4 aromatic rings. The van der Waals surface area contributed by atoms with Gasteiger partial charge >= 0.3 is 0 Å². The van der Waals surface area contributed by atoms with Gasteiger partial charge in [0.15, 0.2) is 0 Å². The van der Waals surface area contributed by atoms with E-state index in [9.17, 15) is 0 Å². The van der Waals surface area contributed by atoms with Crippen LogP contribution >= 0.6 is 23.2 Å². The highest BCUT2D eigenvalue weighted by atomic mass is 35.5. The van der Waals surface area contributed by atoms with Crippen molar-refractivity contribution in [2.24, 2.45) is 0 Å². The molecule has 32 heavy (non-hydrogen) atoms. The Bertz CT molecular complexity index is 1260. The van der Waals surface area contributed by atoms with Gasteiger partial charge < -0.3 is 20.4 Å². The molecule has 1 aliphatic carbocycles. The Labute approximate surface area is 197 Å². The number of nitrogens with one attached hydrogen (secondary N) is 3. The molecular weight excluding hydrogens is 443 g/mol. The van der Waals surface area contributed by atoms with Gasteiger partial charge in [0.2, 0.25) is 0 Å². The van der Waals surface area contributed by atoms with E-state index in [-0.39, 0.29) is 0 Å². The number of para-hydroxylation sites is 1. The number of rotatable bonds is 7. The summed E-state index contributed by atoms with van der Waals surface area (Å²) in [5.41, 5.74) is 7.39. The number of pyridine rings is 1. The van der Waals surface area contributed by atoms with E-state index in [1.165, 1.54) is 16.8 Å². The average molecular weight is 467 g/mol. The Morgan fingerprint density at radius 1 is 1.12 bits per heavy atom. The number of ether oxygens (including phenoxy) is 1. The minimum absolute atomic E-state index is 0.589. The maximum absolute atomic E-state index is 6.59. The monoisotopic (exact) mass is 466 g/mol. The summed E-state index contributed by atoms with van der Waals surface area (Å²) in [5, 5.41) is 9.21. The zero-order valence-electron chi connectivity index (χ0n) is 17.8. The van der Waals surface area contributed by atoms with E-state index in [1.807, 2.05) is 42.7 Å². The van der Waals surface area contributed by atoms with E-state index >= 15 is 0 Å². The Morgan fingerprint density at radius 3 is 2.78 bits per heavy atom. The van der Waals surface area contributed by atoms with Crippen LogP contribution in [0.5, 0.6) is 5.75 Å². The zero-order chi connectivity index (χ0) is 22.1. The lowest BCUT2D eigenvalue weighted by Gasteiger charge is -2.15. The van der Waals surface area contributed by atoms with Crippen LogP contribution in [0.4, 0.5) is 17.1 Å². The van der Waals surface area contributed by atoms with Crippen LogP contribution in [0, 0.1) is 0 Å². The molecule has 0 saturated heterocycles. The number of benzene rings is 2. The molecule has 3 N–H and O–H groups in total. The number of hydrogen-bond donors (Lipinski definition) is 3. The second kappa shape index (κ2) is 8.93. The van der Waals surface area contributed by atoms with E-state index in [0.717, 1.165) is 59.4 Å². The van der Waals surface area contributed by atoms with Gasteiger partial charge in [-0.05, 0) is 61.1 Å². The van der Waals surface area contributed by atoms with E-state index in [1.54, 1.807) is 7.11 Å². The highest BCUT2D eigenvalue weighted by Crippen LogP contribution is 2.36. The number of methoxy groups -OCH3 is 1. The number of aryl methyl sites for hydroxylation is 1. The summed E-state index contributed by atoms with van der Waals surface area (Å²) in [6.07, 6.45) is 7.94. The van der Waals surface area contributed by atoms with Crippen molar-refractivity contribution in [2.75, 3.05) is 24.3 Å². The Morgan fingerprint density at radius 2 is 1.97 bits per heavy atom. The predicted molar refractivity (Wildman–Crippen MR) is 133 cm³/mol. The third kappa shape index (κ3) is 3.98. The fourth-order valence-electron chi connectivity index (χ4n) is 4.43. The summed E-state index contributed by atoms with van der Waals surface area (Å²) in [6.45, 7) is 0.703. The van der Waals surface area contributed by atoms with Crippen molar-refractivity contribution in [3.05, 3.63) is 75.7 Å². The minimum atomic E-state index is 0.589. The average Bonchev–Trinajstić information content (AvgIpc) is 3.43. The molecule has 2 aromatic heterocycles. The lowest BCUT2D eigenvalue weighted by molar-refractivity contribution is 0.419. The molecule has 0 unspecified atom stereocenters. The highest BCUT2D eigenvalue weighted by molar-refractivity contribution is 6.39. The third-order valence-corrected chi connectivity index (χ3v) is 6.58. The summed E-state index contributed by atoms with van der Waals surface area (Å²) in [7, 11) is 1.68. The number of H-pyrrole nitrogens is 1. The number of halogens is 2. The van der Waals surface area contributed by atoms with Crippen LogP contribution in [0.25, 0.3) is 10.9 Å². The predicted octanol–water partition coefficient (Wildman–Crippen LogP) is 6.77. The summed E-state index contributed by atoms with van der Waals surface area (Å²) >= 11 is 13.2. The van der Waals surface area contributed by atoms with Gasteiger partial charge in [0.05, 0.1) is 28.4 Å². The van der Waals surface area contributed by atoms with Crippen molar-refractivity contribution in [1.82, 2.24) is 9.97 Å². The Hall–Kier alpha value is -2.89. The van der Waals surface area contributed by atoms with Gasteiger partial charge in [-0.25, -0.2) is 0 Å². The lowest BCUT2D eigenvalue weighted by atomic mass is 10.1. The molecule has 1 aliphatic rings. The van der Waals surface area contributed by atoms with Gasteiger partial charge in [0, 0.05) is 41.4 Å². The summed E-state index contributed by atoms with van der Waals surface area (Å²) < 4.78 is 5.43. The zero-order valence-corrected chi connectivity index (χ0v) is 19.3. The Balaban J connectivity index is 1.29. The van der Waals surface area contributed by atoms with Gasteiger partial charge in [-0.2, -0.15) is 0 Å². The molecule has 7 heteroatoms. The van der Waals surface area contributed by atoms with Crippen molar-refractivity contribution in [3.8, 4) is 5.75 Å². The first kappa shape index (κ1) is 21.0. The topological polar surface area (TPSA) is 62.0 Å². The second-order valence-corrected chi connectivity index (χ2v) is 8.77. The van der Waals surface area contributed by atoms with E-state index in [4.69, 9.17) is 27.9 Å². The van der Waals surface area contributed by atoms with Crippen molar-refractivity contribution in [2.45, 2.75) is 25.7 Å². The van der Waals surface area contributed by atoms with Crippen LogP contribution in [-0.4, -0.2) is 23.6 Å². The number of nitrogens with zero attached hydrogens (tertiary/aromatic N) is 1. The molecule has 0 saturated carbocycles. The quantitative estimate of drug-likeness (QED) is 0.281. The standard InChI is InChI=1S/C25H24Cl2N4O/c1-32-23-7-3-4-17-15(14-30-24(17)23)8-10-29-25-19(26)12-16(13-20(25)27)31-22-9-11-28-21-6-2-5-18(21)22/h3-4,7,9,11-14,29-30H,2,5-6,8,10H2,1H3,(H,28,31). The molecular formula is C25H24Cl2N4O. The molecule has 5 rings (SSSR count). The number of aromatic amines is 1. The van der Waals surface area contributed by atoms with E-state index in [2.05, 4.69) is 26.7 Å². The molecule has 0 aliphatic heterocycles. The number of fused-ring (bicyclic) bond motifs is 2. The van der Waals surface area contributed by atoms with E-state index in [0.29, 0.717) is 16.6 Å². The van der Waals surface area contributed by atoms with Gasteiger partial charge in [-0.15, -0.1) is 0 Å². The number of anilines is 3. The largest absolute Gasteiger partial charge is 0.495 e. The van der Waals surface area contributed by atoms with Crippen LogP contribution in [0.15, 0.2) is 48.8 Å². The smallest absolute Gasteiger partial charge is 0.142 e. The molecule has 0 spiro atoms. The first-order chi connectivity index (χ1) is 15.6. The number of aromatic nitrogens is 2. The van der Waals surface area contributed by atoms with Crippen molar-refractivity contribution in [3.63, 3.8) is 0 Å². The molecule has 0 radical (unpaired) electrons. The van der Waals surface area contributed by atoms with Gasteiger partial charge in [-0.3, -0.25) is 4.98 Å². The van der Waals surface area contributed by atoms with Crippen LogP contribution < -0.4 is 15.4 Å². The normalized spacial score (nSPS) is 12.7. The van der Waals surface area contributed by atoms with Gasteiger partial charge in [-0.1, -0.05) is 35.3 Å². The van der Waals surface area contributed by atoms with Gasteiger partial charge in [0.25, 0.3) is 0 Å². The second-order valence-electron chi connectivity index (χ2n) is 7.95. The van der Waals surface area contributed by atoms with Crippen molar-refractivity contribution in [1.29, 1.82) is 0 Å². The van der Waals surface area contributed by atoms with Crippen molar-refractivity contribution < 1.29 is 4.74 Å². The third-order valence-electron chi connectivity index (χ3n) is 5.99. The van der Waals surface area contributed by atoms with Crippen LogP contribution in [0.2, 0.25) is 10.0 Å². The van der Waals surface area contributed by atoms with Crippen molar-refractivity contribution >= 4 is 51.2 Å². The van der Waals surface area contributed by atoms with E-state index < -0.39 is 0 Å². The summed E-state index contributed by atoms with van der Waals surface area (Å²) in [6, 6.07) is 11.9. The minimum Gasteiger partial charge on any atom is -0.495 e. The van der Waals surface area contributed by atoms with Crippen LogP contribution in [0.3, 0.4) is 0 Å². The SMILES string of the molecule is COc1cccc2c(CCNc3c(Cl)cc(Nc4ccnc5c4CCC5)cc3Cl)c[nH]c12. The molecule has 2 aromatic carbocycles. The number of hydrogen-bond acceptors (Lipinski definition) is 4. The fraction of sp³-hybridized carbons (Fsp3) is 0.240.